The van der Waals surface area contributed by atoms with Crippen molar-refractivity contribution in [2.45, 2.75) is 13.0 Å². The van der Waals surface area contributed by atoms with Crippen LogP contribution in [0.2, 0.25) is 0 Å². The van der Waals surface area contributed by atoms with Crippen molar-refractivity contribution in [3.05, 3.63) is 36.3 Å². The maximum Gasteiger partial charge on any atom is 0.238 e. The molecule has 0 atom stereocenters. The number of carbonyl (C=O) groups excluding carboxylic acids is 1. The third kappa shape index (κ3) is 3.28. The van der Waals surface area contributed by atoms with E-state index < -0.39 is 0 Å². The Morgan fingerprint density at radius 2 is 2.15 bits per heavy atom. The molecule has 1 aromatic heterocycles. The Morgan fingerprint density at radius 1 is 1.35 bits per heavy atom. The molecule has 1 saturated heterocycles. The van der Waals surface area contributed by atoms with Crippen LogP contribution >= 0.6 is 0 Å². The summed E-state index contributed by atoms with van der Waals surface area (Å²) in [5.74, 6) is 2.28. The van der Waals surface area contributed by atoms with Gasteiger partial charge in [-0.1, -0.05) is 0 Å². The highest BCUT2D eigenvalue weighted by Crippen LogP contribution is 2.34. The number of likely N-dealkylation sites (N-methyl/N-ethyl adjacent to an activating group) is 1. The van der Waals surface area contributed by atoms with Crippen molar-refractivity contribution >= 4 is 17.4 Å². The quantitative estimate of drug-likeness (QED) is 0.865. The van der Waals surface area contributed by atoms with Gasteiger partial charge < -0.3 is 19.7 Å². The first-order chi connectivity index (χ1) is 12.6. The van der Waals surface area contributed by atoms with Crippen molar-refractivity contribution in [1.82, 2.24) is 14.9 Å². The van der Waals surface area contributed by atoms with Crippen LogP contribution in [0.4, 0.5) is 11.5 Å². The fraction of sp³-hybridized carbons (Fsp3) is 0.389. The van der Waals surface area contributed by atoms with Gasteiger partial charge in [-0.05, 0) is 26.1 Å². The summed E-state index contributed by atoms with van der Waals surface area (Å²) in [7, 11) is 1.97. The molecule has 1 fully saturated rings. The Balaban J connectivity index is 1.28. The van der Waals surface area contributed by atoms with Crippen molar-refractivity contribution in [1.29, 1.82) is 0 Å². The molecule has 0 saturated carbocycles. The number of rotatable bonds is 5. The lowest BCUT2D eigenvalue weighted by Gasteiger charge is -2.44. The SMILES string of the molecule is Cc1cncnc1N1CC(N(C)CC(=O)Nc2ccc3c(c2)OCO3)C1. The number of aromatic nitrogens is 2. The van der Waals surface area contributed by atoms with Crippen LogP contribution in [-0.2, 0) is 4.79 Å². The number of amides is 1. The Kier molecular flexibility index (Phi) is 4.34. The Bertz CT molecular complexity index is 822. The van der Waals surface area contributed by atoms with Crippen LogP contribution in [0.1, 0.15) is 5.56 Å². The third-order valence-corrected chi connectivity index (χ3v) is 4.70. The number of nitrogens with zero attached hydrogens (tertiary/aromatic N) is 4. The van der Waals surface area contributed by atoms with E-state index in [1.54, 1.807) is 18.5 Å². The van der Waals surface area contributed by atoms with Crippen molar-refractivity contribution in [3.8, 4) is 11.5 Å². The van der Waals surface area contributed by atoms with Crippen molar-refractivity contribution < 1.29 is 14.3 Å². The van der Waals surface area contributed by atoms with Gasteiger partial charge >= 0.3 is 0 Å². The summed E-state index contributed by atoms with van der Waals surface area (Å²) in [6, 6.07) is 5.72. The van der Waals surface area contributed by atoms with Gasteiger partial charge in [-0.2, -0.15) is 0 Å². The van der Waals surface area contributed by atoms with Crippen LogP contribution in [0.5, 0.6) is 11.5 Å². The molecule has 8 heteroatoms. The highest BCUT2D eigenvalue weighted by molar-refractivity contribution is 5.92. The smallest absolute Gasteiger partial charge is 0.238 e. The molecular formula is C18H21N5O3. The molecule has 4 rings (SSSR count). The predicted molar refractivity (Wildman–Crippen MR) is 96.6 cm³/mol. The highest BCUT2D eigenvalue weighted by Gasteiger charge is 2.32. The molecule has 2 aliphatic rings. The zero-order chi connectivity index (χ0) is 18.1. The lowest BCUT2D eigenvalue weighted by atomic mass is 10.1. The Labute approximate surface area is 151 Å². The minimum atomic E-state index is -0.0527. The summed E-state index contributed by atoms with van der Waals surface area (Å²) in [6.07, 6.45) is 3.39. The van der Waals surface area contributed by atoms with E-state index in [1.807, 2.05) is 26.2 Å². The van der Waals surface area contributed by atoms with Gasteiger partial charge in [0.1, 0.15) is 12.1 Å². The highest BCUT2D eigenvalue weighted by atomic mass is 16.7. The molecule has 0 spiro atoms. The topological polar surface area (TPSA) is 79.8 Å². The molecule has 8 nitrogen and oxygen atoms in total. The van der Waals surface area contributed by atoms with Gasteiger partial charge in [0, 0.05) is 42.6 Å². The van der Waals surface area contributed by atoms with Crippen LogP contribution in [-0.4, -0.2) is 60.3 Å². The van der Waals surface area contributed by atoms with Gasteiger partial charge in [0.25, 0.3) is 0 Å². The molecule has 2 aromatic rings. The van der Waals surface area contributed by atoms with Crippen LogP contribution in [0.15, 0.2) is 30.7 Å². The van der Waals surface area contributed by atoms with E-state index >= 15 is 0 Å². The zero-order valence-corrected chi connectivity index (χ0v) is 14.8. The molecule has 0 unspecified atom stereocenters. The van der Waals surface area contributed by atoms with E-state index in [1.165, 1.54) is 0 Å². The monoisotopic (exact) mass is 355 g/mol. The van der Waals surface area contributed by atoms with Crippen LogP contribution in [0.3, 0.4) is 0 Å². The second-order valence-electron chi connectivity index (χ2n) is 6.62. The third-order valence-electron chi connectivity index (χ3n) is 4.70. The summed E-state index contributed by atoms with van der Waals surface area (Å²) >= 11 is 0. The molecule has 3 heterocycles. The molecule has 0 radical (unpaired) electrons. The average Bonchev–Trinajstić information content (AvgIpc) is 3.02. The molecular weight excluding hydrogens is 334 g/mol. The second kappa shape index (κ2) is 6.80. The Hall–Kier alpha value is -2.87. The van der Waals surface area contributed by atoms with Gasteiger partial charge in [0.2, 0.25) is 12.7 Å². The number of fused-ring (bicyclic) bond motifs is 1. The average molecular weight is 355 g/mol. The fourth-order valence-corrected chi connectivity index (χ4v) is 3.16. The molecule has 1 N–H and O–H groups in total. The molecule has 0 bridgehead atoms. The lowest BCUT2D eigenvalue weighted by Crippen LogP contribution is -2.60. The molecule has 26 heavy (non-hydrogen) atoms. The van der Waals surface area contributed by atoms with Gasteiger partial charge in [-0.3, -0.25) is 9.69 Å². The number of hydrogen-bond acceptors (Lipinski definition) is 7. The van der Waals surface area contributed by atoms with E-state index in [0.717, 1.165) is 24.5 Å². The second-order valence-corrected chi connectivity index (χ2v) is 6.62. The van der Waals surface area contributed by atoms with Crippen LogP contribution in [0, 0.1) is 6.92 Å². The van der Waals surface area contributed by atoms with Crippen LogP contribution < -0.4 is 19.7 Å². The van der Waals surface area contributed by atoms with Crippen molar-refractivity contribution in [2.24, 2.45) is 0 Å². The first kappa shape index (κ1) is 16.6. The van der Waals surface area contributed by atoms with Crippen LogP contribution in [0.25, 0.3) is 0 Å². The van der Waals surface area contributed by atoms with E-state index in [-0.39, 0.29) is 12.7 Å². The summed E-state index contributed by atoms with van der Waals surface area (Å²) in [5.41, 5.74) is 1.77. The van der Waals surface area contributed by atoms with Crippen molar-refractivity contribution in [3.63, 3.8) is 0 Å². The number of aryl methyl sites for hydroxylation is 1. The van der Waals surface area contributed by atoms with Gasteiger partial charge in [0.05, 0.1) is 6.54 Å². The molecule has 136 valence electrons. The van der Waals surface area contributed by atoms with E-state index in [4.69, 9.17) is 9.47 Å². The lowest BCUT2D eigenvalue weighted by molar-refractivity contribution is -0.117. The Morgan fingerprint density at radius 3 is 2.96 bits per heavy atom. The first-order valence-electron chi connectivity index (χ1n) is 8.51. The minimum Gasteiger partial charge on any atom is -0.454 e. The maximum absolute atomic E-state index is 12.3. The summed E-state index contributed by atoms with van der Waals surface area (Å²) < 4.78 is 10.6. The number of nitrogens with one attached hydrogen (secondary N) is 1. The number of carbonyl (C=O) groups is 1. The summed E-state index contributed by atoms with van der Waals surface area (Å²) in [5, 5.41) is 2.91. The van der Waals surface area contributed by atoms with Gasteiger partial charge in [-0.25, -0.2) is 9.97 Å². The minimum absolute atomic E-state index is 0.0527. The first-order valence-corrected chi connectivity index (χ1v) is 8.51. The van der Waals surface area contributed by atoms with Gasteiger partial charge in [0.15, 0.2) is 11.5 Å². The van der Waals surface area contributed by atoms with Gasteiger partial charge in [-0.15, -0.1) is 0 Å². The maximum atomic E-state index is 12.3. The molecule has 2 aliphatic heterocycles. The molecule has 1 amide bonds. The predicted octanol–water partition coefficient (Wildman–Crippen LogP) is 1.27. The number of hydrogen-bond donors (Lipinski definition) is 1. The van der Waals surface area contributed by atoms with E-state index in [9.17, 15) is 4.79 Å². The standard InChI is InChI=1S/C18H21N5O3/c1-12-6-19-10-20-18(12)23-7-14(8-23)22(2)9-17(24)21-13-3-4-15-16(5-13)26-11-25-15/h3-6,10,14H,7-9,11H2,1-2H3,(H,21,24). The molecule has 0 aliphatic carbocycles. The summed E-state index contributed by atoms with van der Waals surface area (Å²) in [4.78, 5) is 24.9. The number of benzene rings is 1. The zero-order valence-electron chi connectivity index (χ0n) is 14.8. The molecule has 1 aromatic carbocycles. The fourth-order valence-electron chi connectivity index (χ4n) is 3.16. The van der Waals surface area contributed by atoms with E-state index in [2.05, 4.69) is 25.1 Å². The van der Waals surface area contributed by atoms with E-state index in [0.29, 0.717) is 29.8 Å². The number of ether oxygens (including phenoxy) is 2. The summed E-state index contributed by atoms with van der Waals surface area (Å²) in [6.45, 7) is 4.26. The van der Waals surface area contributed by atoms with Crippen molar-refractivity contribution in [2.75, 3.05) is 43.7 Å². The normalized spacial score (nSPS) is 15.9. The largest absolute Gasteiger partial charge is 0.454 e. The number of anilines is 2.